The van der Waals surface area contributed by atoms with Gasteiger partial charge in [-0.25, -0.2) is 8.42 Å². The molecule has 8 nitrogen and oxygen atoms in total. The Kier molecular flexibility index (Phi) is 4.84. The van der Waals surface area contributed by atoms with E-state index in [2.05, 4.69) is 0 Å². The van der Waals surface area contributed by atoms with Crippen molar-refractivity contribution in [3.8, 4) is 11.5 Å². The van der Waals surface area contributed by atoms with Crippen LogP contribution < -0.4 is 9.47 Å². The van der Waals surface area contributed by atoms with E-state index in [0.29, 0.717) is 30.3 Å². The van der Waals surface area contributed by atoms with Gasteiger partial charge in [0, 0.05) is 25.7 Å². The summed E-state index contributed by atoms with van der Waals surface area (Å²) >= 11 is 0. The molecule has 2 aromatic carbocycles. The first-order valence-electron chi connectivity index (χ1n) is 7.89. The number of benzene rings is 2. The number of hydrogen-bond donors (Lipinski definition) is 0. The fourth-order valence-electron chi connectivity index (χ4n) is 2.68. The van der Waals surface area contributed by atoms with Crippen LogP contribution in [0.3, 0.4) is 0 Å². The number of nitrogens with zero attached hydrogens (tertiary/aromatic N) is 2. The van der Waals surface area contributed by atoms with Gasteiger partial charge < -0.3 is 9.47 Å². The monoisotopic (exact) mass is 378 g/mol. The van der Waals surface area contributed by atoms with Crippen LogP contribution in [0, 0.1) is 17.0 Å². The molecule has 2 aromatic rings. The van der Waals surface area contributed by atoms with E-state index in [-0.39, 0.29) is 17.1 Å². The van der Waals surface area contributed by atoms with Crippen molar-refractivity contribution < 1.29 is 22.8 Å². The van der Waals surface area contributed by atoms with E-state index >= 15 is 0 Å². The number of hydrogen-bond acceptors (Lipinski definition) is 6. The van der Waals surface area contributed by atoms with Crippen LogP contribution in [0.15, 0.2) is 41.3 Å². The Morgan fingerprint density at radius 3 is 2.50 bits per heavy atom. The van der Waals surface area contributed by atoms with Crippen LogP contribution in [0.4, 0.5) is 5.69 Å². The Morgan fingerprint density at radius 1 is 1.12 bits per heavy atom. The van der Waals surface area contributed by atoms with Crippen molar-refractivity contribution in [1.29, 1.82) is 0 Å². The molecule has 0 radical (unpaired) electrons. The number of fused-ring (bicyclic) bond motifs is 1. The summed E-state index contributed by atoms with van der Waals surface area (Å²) in [4.78, 5) is 10.3. The minimum absolute atomic E-state index is 0.0771. The predicted octanol–water partition coefficient (Wildman–Crippen LogP) is 2.50. The molecule has 0 spiro atoms. The first kappa shape index (κ1) is 18.2. The molecule has 0 fully saturated rings. The zero-order chi connectivity index (χ0) is 18.9. The third kappa shape index (κ3) is 3.49. The second kappa shape index (κ2) is 6.93. The first-order chi connectivity index (χ1) is 12.3. The van der Waals surface area contributed by atoms with E-state index in [9.17, 15) is 18.5 Å². The zero-order valence-electron chi connectivity index (χ0n) is 14.3. The summed E-state index contributed by atoms with van der Waals surface area (Å²) in [5, 5.41) is 11.0. The van der Waals surface area contributed by atoms with Gasteiger partial charge in [-0.3, -0.25) is 10.1 Å². The zero-order valence-corrected chi connectivity index (χ0v) is 15.2. The smallest absolute Gasteiger partial charge is 0.270 e. The Bertz CT molecular complexity index is 958. The normalized spacial score (nSPS) is 13.7. The summed E-state index contributed by atoms with van der Waals surface area (Å²) in [5.74, 6) is 1.20. The summed E-state index contributed by atoms with van der Waals surface area (Å²) in [6.07, 6.45) is 0. The average molecular weight is 378 g/mol. The molecule has 138 valence electrons. The fourth-order valence-corrected chi connectivity index (χ4v) is 4.08. The van der Waals surface area contributed by atoms with Crippen molar-refractivity contribution in [2.24, 2.45) is 0 Å². The minimum atomic E-state index is -3.89. The second-order valence-electron chi connectivity index (χ2n) is 5.95. The van der Waals surface area contributed by atoms with Crippen molar-refractivity contribution >= 4 is 15.7 Å². The van der Waals surface area contributed by atoms with Gasteiger partial charge in [-0.05, 0) is 30.2 Å². The van der Waals surface area contributed by atoms with Crippen LogP contribution in [-0.4, -0.2) is 37.9 Å². The topological polar surface area (TPSA) is 99.0 Å². The highest BCUT2D eigenvalue weighted by Gasteiger charge is 2.25. The molecule has 0 aliphatic carbocycles. The van der Waals surface area contributed by atoms with Gasteiger partial charge in [-0.1, -0.05) is 12.1 Å². The van der Waals surface area contributed by atoms with Crippen molar-refractivity contribution in [2.45, 2.75) is 18.4 Å². The van der Waals surface area contributed by atoms with Gasteiger partial charge in [0.05, 0.1) is 9.82 Å². The molecule has 0 atom stereocenters. The van der Waals surface area contributed by atoms with Crippen molar-refractivity contribution in [3.05, 3.63) is 57.6 Å². The van der Waals surface area contributed by atoms with E-state index in [1.165, 1.54) is 19.2 Å². The summed E-state index contributed by atoms with van der Waals surface area (Å²) in [6, 6.07) is 9.05. The van der Waals surface area contributed by atoms with Crippen molar-refractivity contribution in [3.63, 3.8) is 0 Å². The Morgan fingerprint density at radius 2 is 1.81 bits per heavy atom. The maximum Gasteiger partial charge on any atom is 0.270 e. The van der Waals surface area contributed by atoms with Gasteiger partial charge in [-0.15, -0.1) is 0 Å². The van der Waals surface area contributed by atoms with Crippen LogP contribution in [0.1, 0.15) is 11.1 Å². The van der Waals surface area contributed by atoms with Crippen molar-refractivity contribution in [2.75, 3.05) is 20.3 Å². The highest BCUT2D eigenvalue weighted by Crippen LogP contribution is 2.32. The Balaban J connectivity index is 1.88. The van der Waals surface area contributed by atoms with Crippen LogP contribution in [0.5, 0.6) is 11.5 Å². The number of nitro benzene ring substituents is 1. The first-order valence-corrected chi connectivity index (χ1v) is 9.33. The maximum atomic E-state index is 12.9. The van der Waals surface area contributed by atoms with Gasteiger partial charge in [0.15, 0.2) is 11.5 Å². The fraction of sp³-hybridized carbons (Fsp3) is 0.294. The summed E-state index contributed by atoms with van der Waals surface area (Å²) in [5.41, 5.74) is 0.912. The molecular weight excluding hydrogens is 360 g/mol. The Labute approximate surface area is 151 Å². The molecule has 0 aromatic heterocycles. The number of sulfonamides is 1. The molecule has 0 unspecified atom stereocenters. The van der Waals surface area contributed by atoms with Gasteiger partial charge >= 0.3 is 0 Å². The van der Waals surface area contributed by atoms with Crippen LogP contribution in [0.25, 0.3) is 0 Å². The molecule has 26 heavy (non-hydrogen) atoms. The van der Waals surface area contributed by atoms with Gasteiger partial charge in [0.1, 0.15) is 13.2 Å². The summed E-state index contributed by atoms with van der Waals surface area (Å²) < 4.78 is 37.9. The van der Waals surface area contributed by atoms with E-state index in [1.807, 2.05) is 0 Å². The van der Waals surface area contributed by atoms with E-state index < -0.39 is 14.9 Å². The largest absolute Gasteiger partial charge is 0.486 e. The molecule has 1 aliphatic heterocycles. The lowest BCUT2D eigenvalue weighted by atomic mass is 10.2. The lowest BCUT2D eigenvalue weighted by molar-refractivity contribution is -0.385. The quantitative estimate of drug-likeness (QED) is 0.585. The van der Waals surface area contributed by atoms with E-state index in [0.717, 1.165) is 15.9 Å². The summed E-state index contributed by atoms with van der Waals surface area (Å²) in [6.45, 7) is 2.62. The highest BCUT2D eigenvalue weighted by atomic mass is 32.2. The van der Waals surface area contributed by atoms with Gasteiger partial charge in [0.2, 0.25) is 10.0 Å². The third-order valence-electron chi connectivity index (χ3n) is 4.08. The lowest BCUT2D eigenvalue weighted by Crippen LogP contribution is -2.27. The summed E-state index contributed by atoms with van der Waals surface area (Å²) in [7, 11) is -2.45. The number of rotatable bonds is 5. The molecule has 0 amide bonds. The minimum Gasteiger partial charge on any atom is -0.486 e. The number of nitro groups is 1. The molecular formula is C17H18N2O6S. The molecule has 0 saturated heterocycles. The van der Waals surface area contributed by atoms with Crippen molar-refractivity contribution in [1.82, 2.24) is 4.31 Å². The van der Waals surface area contributed by atoms with E-state index in [1.54, 1.807) is 25.1 Å². The SMILES string of the molecule is Cc1ccc([N+](=O)[O-])cc1S(=O)(=O)N(C)Cc1ccc2c(c1)OCCO2. The van der Waals surface area contributed by atoms with Crippen LogP contribution in [0.2, 0.25) is 0 Å². The number of ether oxygens (including phenoxy) is 2. The number of non-ortho nitro benzene ring substituents is 1. The Hall–Kier alpha value is -2.65. The molecule has 1 aliphatic rings. The lowest BCUT2D eigenvalue weighted by Gasteiger charge is -2.21. The molecule has 0 bridgehead atoms. The van der Waals surface area contributed by atoms with Crippen LogP contribution >= 0.6 is 0 Å². The molecule has 3 rings (SSSR count). The van der Waals surface area contributed by atoms with Gasteiger partial charge in [-0.2, -0.15) is 4.31 Å². The van der Waals surface area contributed by atoms with E-state index in [4.69, 9.17) is 9.47 Å². The van der Waals surface area contributed by atoms with Gasteiger partial charge in [0.25, 0.3) is 5.69 Å². The average Bonchev–Trinajstić information content (AvgIpc) is 2.61. The standard InChI is InChI=1S/C17H18N2O6S/c1-12-3-5-14(19(20)21)10-17(12)26(22,23)18(2)11-13-4-6-15-16(9-13)25-8-7-24-15/h3-6,9-10H,7-8,11H2,1-2H3. The molecule has 9 heteroatoms. The third-order valence-corrected chi connectivity index (χ3v) is 6.03. The molecule has 0 saturated carbocycles. The van der Waals surface area contributed by atoms with Crippen LogP contribution in [-0.2, 0) is 16.6 Å². The second-order valence-corrected chi connectivity index (χ2v) is 7.96. The maximum absolute atomic E-state index is 12.9. The molecule has 0 N–H and O–H groups in total. The highest BCUT2D eigenvalue weighted by molar-refractivity contribution is 7.89. The predicted molar refractivity (Wildman–Crippen MR) is 93.9 cm³/mol. The number of aryl methyl sites for hydroxylation is 1. The molecule has 1 heterocycles.